The smallest absolute Gasteiger partial charge is 0.324 e. The van der Waals surface area contributed by atoms with Gasteiger partial charge in [0.2, 0.25) is 5.91 Å². The Morgan fingerprint density at radius 2 is 2.00 bits per heavy atom. The van der Waals surface area contributed by atoms with E-state index in [1.165, 1.54) is 30.5 Å². The maximum atomic E-state index is 12.7. The third kappa shape index (κ3) is 4.12. The summed E-state index contributed by atoms with van der Waals surface area (Å²) < 4.78 is 12.7. The number of imide groups is 1. The summed E-state index contributed by atoms with van der Waals surface area (Å²) in [5.41, 5.74) is 1.96. The van der Waals surface area contributed by atoms with Crippen molar-refractivity contribution in [2.45, 2.75) is 25.8 Å². The van der Waals surface area contributed by atoms with Gasteiger partial charge in [0.15, 0.2) is 0 Å². The second-order valence-corrected chi connectivity index (χ2v) is 5.61. The Hall–Kier alpha value is -2.77. The molecule has 0 atom stereocenters. The van der Waals surface area contributed by atoms with Gasteiger partial charge in [0.25, 0.3) is 5.91 Å². The summed E-state index contributed by atoms with van der Waals surface area (Å²) in [4.78, 5) is 36.2. The van der Waals surface area contributed by atoms with Gasteiger partial charge in [-0.05, 0) is 31.5 Å². The van der Waals surface area contributed by atoms with E-state index < -0.39 is 17.5 Å². The first kappa shape index (κ1) is 16.6. The van der Waals surface area contributed by atoms with Crippen molar-refractivity contribution in [3.05, 3.63) is 35.6 Å². The third-order valence-electron chi connectivity index (χ3n) is 3.28. The quantitative estimate of drug-likeness (QED) is 0.482. The van der Waals surface area contributed by atoms with Crippen LogP contribution in [0.3, 0.4) is 0 Å². The van der Waals surface area contributed by atoms with Gasteiger partial charge in [-0.15, -0.1) is 0 Å². The van der Waals surface area contributed by atoms with Crippen LogP contribution >= 0.6 is 0 Å². The van der Waals surface area contributed by atoms with E-state index in [9.17, 15) is 18.8 Å². The van der Waals surface area contributed by atoms with E-state index >= 15 is 0 Å². The van der Waals surface area contributed by atoms with E-state index in [1.54, 1.807) is 13.8 Å². The molecule has 0 aromatic heterocycles. The van der Waals surface area contributed by atoms with Crippen molar-refractivity contribution >= 4 is 24.1 Å². The Morgan fingerprint density at radius 1 is 1.35 bits per heavy atom. The van der Waals surface area contributed by atoms with Gasteiger partial charge in [-0.2, -0.15) is 5.10 Å². The predicted octanol–water partition coefficient (Wildman–Crippen LogP) is 0.996. The number of carbonyl (C=O) groups excluding carboxylic acids is 3. The molecular formula is C15H17FN4O3. The molecule has 1 aromatic carbocycles. The second kappa shape index (κ2) is 6.55. The van der Waals surface area contributed by atoms with Gasteiger partial charge < -0.3 is 5.32 Å². The molecule has 8 heteroatoms. The first-order valence-electron chi connectivity index (χ1n) is 7.01. The molecule has 2 N–H and O–H groups in total. The van der Waals surface area contributed by atoms with Gasteiger partial charge in [-0.1, -0.05) is 12.1 Å². The highest BCUT2D eigenvalue weighted by Gasteiger charge is 2.43. The normalized spacial score (nSPS) is 16.7. The Kier molecular flexibility index (Phi) is 4.73. The van der Waals surface area contributed by atoms with Crippen molar-refractivity contribution in [2.24, 2.45) is 5.10 Å². The molecule has 0 radical (unpaired) electrons. The average Bonchev–Trinajstić information content (AvgIpc) is 2.67. The average molecular weight is 320 g/mol. The van der Waals surface area contributed by atoms with E-state index in [4.69, 9.17) is 0 Å². The maximum absolute atomic E-state index is 12.7. The monoisotopic (exact) mass is 320 g/mol. The molecule has 1 saturated heterocycles. The lowest BCUT2D eigenvalue weighted by Crippen LogP contribution is -2.40. The number of rotatable bonds is 5. The summed E-state index contributed by atoms with van der Waals surface area (Å²) in [6, 6.07) is 5.08. The maximum Gasteiger partial charge on any atom is 0.325 e. The van der Waals surface area contributed by atoms with Gasteiger partial charge >= 0.3 is 6.03 Å². The molecule has 1 aliphatic heterocycles. The van der Waals surface area contributed by atoms with E-state index in [0.29, 0.717) is 5.56 Å². The lowest BCUT2D eigenvalue weighted by molar-refractivity contribution is -0.130. The minimum atomic E-state index is -0.950. The molecule has 2 rings (SSSR count). The summed E-state index contributed by atoms with van der Waals surface area (Å²) in [6.45, 7) is 3.17. The molecule has 0 saturated carbocycles. The number of halogens is 1. The summed E-state index contributed by atoms with van der Waals surface area (Å²) >= 11 is 0. The number of carbonyl (C=O) groups is 3. The number of hydrogen-bond donors (Lipinski definition) is 2. The molecule has 0 unspecified atom stereocenters. The molecule has 1 heterocycles. The van der Waals surface area contributed by atoms with Crippen molar-refractivity contribution in [2.75, 3.05) is 6.54 Å². The van der Waals surface area contributed by atoms with Gasteiger partial charge in [-0.25, -0.2) is 14.6 Å². The van der Waals surface area contributed by atoms with Gasteiger partial charge in [0, 0.05) is 13.0 Å². The first-order chi connectivity index (χ1) is 10.8. The largest absolute Gasteiger partial charge is 0.325 e. The van der Waals surface area contributed by atoms with Gasteiger partial charge in [-0.3, -0.25) is 14.5 Å². The number of benzene rings is 1. The molecular weight excluding hydrogens is 303 g/mol. The molecule has 0 spiro atoms. The van der Waals surface area contributed by atoms with Crippen LogP contribution in [0.25, 0.3) is 0 Å². The zero-order chi connectivity index (χ0) is 17.0. The van der Waals surface area contributed by atoms with Crippen LogP contribution in [-0.4, -0.2) is 41.0 Å². The van der Waals surface area contributed by atoms with Crippen LogP contribution in [0.5, 0.6) is 0 Å². The van der Waals surface area contributed by atoms with E-state index in [0.717, 1.165) is 4.90 Å². The fraction of sp³-hybridized carbons (Fsp3) is 0.333. The summed E-state index contributed by atoms with van der Waals surface area (Å²) in [6.07, 6.45) is 1.31. The second-order valence-electron chi connectivity index (χ2n) is 5.61. The molecule has 122 valence electrons. The first-order valence-corrected chi connectivity index (χ1v) is 7.01. The summed E-state index contributed by atoms with van der Waals surface area (Å²) in [5.74, 6) is -1.17. The standard InChI is InChI=1S/C15H17FN4O3/c1-15(2)13(22)20(14(23)18-15)8-7-12(21)19-17-9-10-3-5-11(16)6-4-10/h3-6,9H,7-8H2,1-2H3,(H,18,23)(H,19,21)/b17-9-. The Balaban J connectivity index is 1.80. The Labute approximate surface area is 132 Å². The summed E-state index contributed by atoms with van der Waals surface area (Å²) in [7, 11) is 0. The molecule has 1 aliphatic rings. The fourth-order valence-corrected chi connectivity index (χ4v) is 2.02. The number of nitrogens with one attached hydrogen (secondary N) is 2. The number of nitrogens with zero attached hydrogens (tertiary/aromatic N) is 2. The SMILES string of the molecule is CC1(C)NC(=O)N(CCC(=O)N/N=C\c2ccc(F)cc2)C1=O. The van der Waals surface area contributed by atoms with Crippen molar-refractivity contribution in [3.8, 4) is 0 Å². The van der Waals surface area contributed by atoms with Crippen molar-refractivity contribution in [1.82, 2.24) is 15.6 Å². The minimum absolute atomic E-state index is 0.0218. The van der Waals surface area contributed by atoms with Crippen LogP contribution in [0.4, 0.5) is 9.18 Å². The topological polar surface area (TPSA) is 90.9 Å². The van der Waals surface area contributed by atoms with E-state index in [1.807, 2.05) is 0 Å². The Bertz CT molecular complexity index is 655. The molecule has 1 fully saturated rings. The van der Waals surface area contributed by atoms with Crippen LogP contribution in [0, 0.1) is 5.82 Å². The number of hydrogen-bond acceptors (Lipinski definition) is 4. The van der Waals surface area contributed by atoms with Gasteiger partial charge in [0.1, 0.15) is 11.4 Å². The van der Waals surface area contributed by atoms with Crippen LogP contribution in [0.1, 0.15) is 25.8 Å². The zero-order valence-corrected chi connectivity index (χ0v) is 12.8. The van der Waals surface area contributed by atoms with Gasteiger partial charge in [0.05, 0.1) is 6.21 Å². The lowest BCUT2D eigenvalue weighted by atomic mass is 10.1. The lowest BCUT2D eigenvalue weighted by Gasteiger charge is -2.15. The Morgan fingerprint density at radius 3 is 2.57 bits per heavy atom. The number of hydrazone groups is 1. The number of urea groups is 1. The van der Waals surface area contributed by atoms with E-state index in [2.05, 4.69) is 15.8 Å². The molecule has 23 heavy (non-hydrogen) atoms. The highest BCUT2D eigenvalue weighted by Crippen LogP contribution is 2.16. The highest BCUT2D eigenvalue weighted by atomic mass is 19.1. The van der Waals surface area contributed by atoms with Crippen LogP contribution < -0.4 is 10.7 Å². The number of amides is 4. The van der Waals surface area contributed by atoms with Crippen molar-refractivity contribution < 1.29 is 18.8 Å². The molecule has 4 amide bonds. The van der Waals surface area contributed by atoms with E-state index in [-0.39, 0.29) is 24.7 Å². The molecule has 0 aliphatic carbocycles. The minimum Gasteiger partial charge on any atom is -0.324 e. The molecule has 0 bridgehead atoms. The third-order valence-corrected chi connectivity index (χ3v) is 3.28. The van der Waals surface area contributed by atoms with Crippen molar-refractivity contribution in [1.29, 1.82) is 0 Å². The summed E-state index contributed by atoms with van der Waals surface area (Å²) in [5, 5.41) is 6.26. The fourth-order valence-electron chi connectivity index (χ4n) is 2.02. The molecule has 1 aromatic rings. The van der Waals surface area contributed by atoms with Crippen LogP contribution in [-0.2, 0) is 9.59 Å². The zero-order valence-electron chi connectivity index (χ0n) is 12.8. The van der Waals surface area contributed by atoms with Crippen LogP contribution in [0.2, 0.25) is 0 Å². The molecule has 7 nitrogen and oxygen atoms in total. The predicted molar refractivity (Wildman–Crippen MR) is 81.1 cm³/mol. The van der Waals surface area contributed by atoms with Crippen molar-refractivity contribution in [3.63, 3.8) is 0 Å². The van der Waals surface area contributed by atoms with Crippen LogP contribution in [0.15, 0.2) is 29.4 Å². The highest BCUT2D eigenvalue weighted by molar-refractivity contribution is 6.06.